The van der Waals surface area contributed by atoms with E-state index in [0.29, 0.717) is 0 Å². The Morgan fingerprint density at radius 1 is 1.35 bits per heavy atom. The van der Waals surface area contributed by atoms with E-state index in [4.69, 9.17) is 4.74 Å². The molecular weight excluding hydrogens is 214 g/mol. The third-order valence-corrected chi connectivity index (χ3v) is 2.90. The maximum absolute atomic E-state index is 9.92. The van der Waals surface area contributed by atoms with Crippen LogP contribution in [0.25, 0.3) is 0 Å². The predicted molar refractivity (Wildman–Crippen MR) is 71.8 cm³/mol. The van der Waals surface area contributed by atoms with Crippen LogP contribution < -0.4 is 9.64 Å². The summed E-state index contributed by atoms with van der Waals surface area (Å²) in [4.78, 5) is 2.27. The van der Waals surface area contributed by atoms with E-state index in [9.17, 15) is 5.11 Å². The van der Waals surface area contributed by atoms with Crippen molar-refractivity contribution in [3.63, 3.8) is 0 Å². The molecule has 96 valence electrons. The normalized spacial score (nSPS) is 12.3. The smallest absolute Gasteiger partial charge is 0.126 e. The summed E-state index contributed by atoms with van der Waals surface area (Å²) in [6.07, 6.45) is 0.566. The first-order chi connectivity index (χ1) is 8.15. The molecule has 0 aliphatic rings. The summed E-state index contributed by atoms with van der Waals surface area (Å²) in [5.74, 6) is 0.757. The number of aliphatic hydroxyl groups excluding tert-OH is 1. The van der Waals surface area contributed by atoms with Crippen molar-refractivity contribution in [3.8, 4) is 5.75 Å². The number of rotatable bonds is 6. The SMILES string of the molecule is CCCN(CC)c1cccc(OC)c1[C@@H](C)O. The number of aliphatic hydroxyl groups is 1. The van der Waals surface area contributed by atoms with E-state index in [1.807, 2.05) is 18.2 Å². The number of nitrogens with zero attached hydrogens (tertiary/aromatic N) is 1. The van der Waals surface area contributed by atoms with Crippen LogP contribution in [-0.4, -0.2) is 25.3 Å². The zero-order chi connectivity index (χ0) is 12.8. The van der Waals surface area contributed by atoms with Crippen LogP contribution in [-0.2, 0) is 0 Å². The Balaban J connectivity index is 3.20. The molecule has 0 aromatic heterocycles. The Morgan fingerprint density at radius 3 is 2.53 bits per heavy atom. The molecule has 0 radical (unpaired) electrons. The van der Waals surface area contributed by atoms with Crippen molar-refractivity contribution in [3.05, 3.63) is 23.8 Å². The van der Waals surface area contributed by atoms with Crippen LogP contribution in [0.3, 0.4) is 0 Å². The molecule has 0 heterocycles. The third kappa shape index (κ3) is 3.13. The fourth-order valence-electron chi connectivity index (χ4n) is 2.12. The van der Waals surface area contributed by atoms with Crippen molar-refractivity contribution in [1.82, 2.24) is 0 Å². The lowest BCUT2D eigenvalue weighted by Crippen LogP contribution is -2.25. The molecule has 1 rings (SSSR count). The largest absolute Gasteiger partial charge is 0.496 e. The summed E-state index contributed by atoms with van der Waals surface area (Å²) < 4.78 is 5.33. The highest BCUT2D eigenvalue weighted by molar-refractivity contribution is 5.60. The quantitative estimate of drug-likeness (QED) is 0.825. The lowest BCUT2D eigenvalue weighted by Gasteiger charge is -2.27. The van der Waals surface area contributed by atoms with E-state index in [-0.39, 0.29) is 0 Å². The first kappa shape index (κ1) is 13.8. The monoisotopic (exact) mass is 237 g/mol. The molecule has 0 spiro atoms. The number of hydrogen-bond donors (Lipinski definition) is 1. The van der Waals surface area contributed by atoms with Gasteiger partial charge in [0.25, 0.3) is 0 Å². The van der Waals surface area contributed by atoms with Crippen LogP contribution in [0.15, 0.2) is 18.2 Å². The third-order valence-electron chi connectivity index (χ3n) is 2.90. The molecule has 0 amide bonds. The Bertz CT molecular complexity index is 350. The van der Waals surface area contributed by atoms with Crippen LogP contribution in [0.5, 0.6) is 5.75 Å². The van der Waals surface area contributed by atoms with Crippen molar-refractivity contribution in [2.24, 2.45) is 0 Å². The number of anilines is 1. The van der Waals surface area contributed by atoms with E-state index in [1.54, 1.807) is 14.0 Å². The highest BCUT2D eigenvalue weighted by Gasteiger charge is 2.17. The lowest BCUT2D eigenvalue weighted by atomic mass is 10.1. The Kier molecular flexibility index (Phi) is 5.29. The van der Waals surface area contributed by atoms with Crippen molar-refractivity contribution in [1.29, 1.82) is 0 Å². The fraction of sp³-hybridized carbons (Fsp3) is 0.571. The van der Waals surface area contributed by atoms with Gasteiger partial charge in [0.2, 0.25) is 0 Å². The minimum atomic E-state index is -0.521. The van der Waals surface area contributed by atoms with Crippen LogP contribution in [0.1, 0.15) is 38.9 Å². The lowest BCUT2D eigenvalue weighted by molar-refractivity contribution is 0.194. The first-order valence-corrected chi connectivity index (χ1v) is 6.25. The predicted octanol–water partition coefficient (Wildman–Crippen LogP) is 2.98. The van der Waals surface area contributed by atoms with Crippen LogP contribution in [0.2, 0.25) is 0 Å². The second kappa shape index (κ2) is 6.50. The summed E-state index contributed by atoms with van der Waals surface area (Å²) in [7, 11) is 1.64. The molecule has 1 N–H and O–H groups in total. The molecule has 3 nitrogen and oxygen atoms in total. The highest BCUT2D eigenvalue weighted by atomic mass is 16.5. The zero-order valence-electron chi connectivity index (χ0n) is 11.2. The Labute approximate surface area is 104 Å². The van der Waals surface area contributed by atoms with Crippen LogP contribution in [0, 0.1) is 0 Å². The molecule has 0 saturated heterocycles. The van der Waals surface area contributed by atoms with E-state index >= 15 is 0 Å². The van der Waals surface area contributed by atoms with Gasteiger partial charge < -0.3 is 14.7 Å². The summed E-state index contributed by atoms with van der Waals surface area (Å²) in [6.45, 7) is 7.98. The molecule has 0 saturated carbocycles. The second-order valence-electron chi connectivity index (χ2n) is 4.15. The molecular formula is C14H23NO2. The van der Waals surface area contributed by atoms with Gasteiger partial charge in [0, 0.05) is 24.3 Å². The van der Waals surface area contributed by atoms with Crippen molar-refractivity contribution >= 4 is 5.69 Å². The molecule has 0 bridgehead atoms. The summed E-state index contributed by atoms with van der Waals surface area (Å²) in [5.41, 5.74) is 1.95. The molecule has 17 heavy (non-hydrogen) atoms. The Morgan fingerprint density at radius 2 is 2.06 bits per heavy atom. The highest BCUT2D eigenvalue weighted by Crippen LogP contribution is 2.34. The van der Waals surface area contributed by atoms with E-state index in [2.05, 4.69) is 18.7 Å². The van der Waals surface area contributed by atoms with E-state index in [0.717, 1.165) is 36.5 Å². The first-order valence-electron chi connectivity index (χ1n) is 6.25. The molecule has 3 heteroatoms. The van der Waals surface area contributed by atoms with Gasteiger partial charge in [-0.1, -0.05) is 13.0 Å². The van der Waals surface area contributed by atoms with Gasteiger partial charge in [-0.25, -0.2) is 0 Å². The number of ether oxygens (including phenoxy) is 1. The van der Waals surface area contributed by atoms with Crippen molar-refractivity contribution in [2.75, 3.05) is 25.1 Å². The number of hydrogen-bond acceptors (Lipinski definition) is 3. The van der Waals surface area contributed by atoms with Crippen molar-refractivity contribution < 1.29 is 9.84 Å². The summed E-state index contributed by atoms with van der Waals surface area (Å²) in [5, 5.41) is 9.92. The maximum atomic E-state index is 9.92. The average Bonchev–Trinajstić information content (AvgIpc) is 2.34. The van der Waals surface area contributed by atoms with Crippen LogP contribution >= 0.6 is 0 Å². The zero-order valence-corrected chi connectivity index (χ0v) is 11.2. The van der Waals surface area contributed by atoms with Gasteiger partial charge in [-0.05, 0) is 32.4 Å². The molecule has 0 aliphatic carbocycles. The van der Waals surface area contributed by atoms with Gasteiger partial charge in [-0.2, -0.15) is 0 Å². The number of methoxy groups -OCH3 is 1. The Hall–Kier alpha value is -1.22. The second-order valence-corrected chi connectivity index (χ2v) is 4.15. The summed E-state index contributed by atoms with van der Waals surface area (Å²) in [6, 6.07) is 5.91. The van der Waals surface area contributed by atoms with E-state index < -0.39 is 6.10 Å². The van der Waals surface area contributed by atoms with Gasteiger partial charge in [-0.3, -0.25) is 0 Å². The van der Waals surface area contributed by atoms with Gasteiger partial charge in [0.15, 0.2) is 0 Å². The molecule has 1 aromatic rings. The minimum absolute atomic E-state index is 0.521. The van der Waals surface area contributed by atoms with Gasteiger partial charge in [0.1, 0.15) is 5.75 Å². The topological polar surface area (TPSA) is 32.7 Å². The van der Waals surface area contributed by atoms with E-state index in [1.165, 1.54) is 0 Å². The number of benzene rings is 1. The molecule has 0 fully saturated rings. The maximum Gasteiger partial charge on any atom is 0.126 e. The van der Waals surface area contributed by atoms with Gasteiger partial charge in [-0.15, -0.1) is 0 Å². The summed E-state index contributed by atoms with van der Waals surface area (Å²) >= 11 is 0. The average molecular weight is 237 g/mol. The fourth-order valence-corrected chi connectivity index (χ4v) is 2.12. The molecule has 0 aliphatic heterocycles. The molecule has 1 atom stereocenters. The standard InChI is InChI=1S/C14H23NO2/c1-5-10-15(6-2)12-8-7-9-13(17-4)14(12)11(3)16/h7-9,11,16H,5-6,10H2,1-4H3/t11-/m1/s1. The molecule has 0 unspecified atom stereocenters. The van der Waals surface area contributed by atoms with Crippen molar-refractivity contribution in [2.45, 2.75) is 33.3 Å². The van der Waals surface area contributed by atoms with Crippen LogP contribution in [0.4, 0.5) is 5.69 Å². The minimum Gasteiger partial charge on any atom is -0.496 e. The molecule has 1 aromatic carbocycles. The van der Waals surface area contributed by atoms with Gasteiger partial charge >= 0.3 is 0 Å². The van der Waals surface area contributed by atoms with Gasteiger partial charge in [0.05, 0.1) is 13.2 Å².